The first-order chi connectivity index (χ1) is 9.56. The lowest BCUT2D eigenvalue weighted by Gasteiger charge is -2.37. The van der Waals surface area contributed by atoms with Gasteiger partial charge in [-0.25, -0.2) is 9.59 Å². The van der Waals surface area contributed by atoms with Crippen LogP contribution in [0.25, 0.3) is 0 Å². The Balaban J connectivity index is 2.09. The van der Waals surface area contributed by atoms with Crippen molar-refractivity contribution in [1.82, 2.24) is 9.80 Å². The summed E-state index contributed by atoms with van der Waals surface area (Å²) < 4.78 is 0. The minimum atomic E-state index is -0.872. The minimum absolute atomic E-state index is 0.0431. The zero-order valence-electron chi connectivity index (χ0n) is 12.5. The second kappa shape index (κ2) is 6.46. The molecule has 1 saturated heterocycles. The van der Waals surface area contributed by atoms with Crippen LogP contribution in [-0.2, 0) is 4.79 Å². The van der Waals surface area contributed by atoms with Crippen molar-refractivity contribution in [2.24, 2.45) is 5.92 Å². The predicted octanol–water partition coefficient (Wildman–Crippen LogP) is 2.56. The zero-order chi connectivity index (χ0) is 14.7. The summed E-state index contributed by atoms with van der Waals surface area (Å²) in [5, 5.41) is 9.36. The average molecular weight is 282 g/mol. The Hall–Kier alpha value is -1.26. The third kappa shape index (κ3) is 2.91. The highest BCUT2D eigenvalue weighted by Gasteiger charge is 2.41. The molecule has 0 aromatic carbocycles. The van der Waals surface area contributed by atoms with Crippen molar-refractivity contribution in [3.8, 4) is 0 Å². The summed E-state index contributed by atoms with van der Waals surface area (Å²) in [6.07, 6.45) is 6.49. The molecule has 0 radical (unpaired) electrons. The molecular weight excluding hydrogens is 256 g/mol. The third-order valence-electron chi connectivity index (χ3n) is 4.80. The molecule has 2 amide bonds. The Morgan fingerprint density at radius 2 is 1.85 bits per heavy atom. The van der Waals surface area contributed by atoms with Gasteiger partial charge in [-0.05, 0) is 32.1 Å². The third-order valence-corrected chi connectivity index (χ3v) is 4.80. The highest BCUT2D eigenvalue weighted by atomic mass is 16.4. The molecule has 1 aliphatic heterocycles. The number of carbonyl (C=O) groups is 2. The molecular formula is C15H26N2O3. The molecule has 2 fully saturated rings. The number of carboxylic acids is 1. The van der Waals surface area contributed by atoms with Gasteiger partial charge in [-0.2, -0.15) is 0 Å². The maximum Gasteiger partial charge on any atom is 0.326 e. The fourth-order valence-corrected chi connectivity index (χ4v) is 3.65. The van der Waals surface area contributed by atoms with Crippen LogP contribution >= 0.6 is 0 Å². The summed E-state index contributed by atoms with van der Waals surface area (Å²) in [6.45, 7) is 5.14. The maximum absolute atomic E-state index is 12.7. The van der Waals surface area contributed by atoms with Crippen LogP contribution < -0.4 is 0 Å². The summed E-state index contributed by atoms with van der Waals surface area (Å²) >= 11 is 0. The Morgan fingerprint density at radius 3 is 2.40 bits per heavy atom. The number of carbonyl (C=O) groups excluding carboxylic acids is 1. The summed E-state index contributed by atoms with van der Waals surface area (Å²) in [5.41, 5.74) is 0. The largest absolute Gasteiger partial charge is 0.480 e. The second-order valence-electron chi connectivity index (χ2n) is 6.10. The standard InChI is InChI=1S/C15H26N2O3/c1-3-16(12-7-5-4-6-8-12)15(20)17-10-9-11(2)13(17)14(18)19/h11-13H,3-10H2,1-2H3,(H,18,19). The molecule has 2 rings (SSSR count). The molecule has 2 aliphatic rings. The molecule has 2 atom stereocenters. The number of hydrogen-bond donors (Lipinski definition) is 1. The first kappa shape index (κ1) is 15.1. The van der Waals surface area contributed by atoms with Crippen molar-refractivity contribution in [1.29, 1.82) is 0 Å². The summed E-state index contributed by atoms with van der Waals surface area (Å²) in [6, 6.07) is -0.428. The van der Waals surface area contributed by atoms with E-state index in [0.29, 0.717) is 19.1 Å². The molecule has 1 aliphatic carbocycles. The van der Waals surface area contributed by atoms with Crippen LogP contribution in [-0.4, -0.2) is 52.1 Å². The summed E-state index contributed by atoms with van der Waals surface area (Å²) in [7, 11) is 0. The molecule has 0 spiro atoms. The molecule has 0 bridgehead atoms. The fourth-order valence-electron chi connectivity index (χ4n) is 3.65. The van der Waals surface area contributed by atoms with E-state index in [1.807, 2.05) is 18.7 Å². The van der Waals surface area contributed by atoms with Crippen molar-refractivity contribution in [3.63, 3.8) is 0 Å². The number of aliphatic carboxylic acids is 1. The lowest BCUT2D eigenvalue weighted by Crippen LogP contribution is -2.52. The van der Waals surface area contributed by atoms with Crippen molar-refractivity contribution in [2.75, 3.05) is 13.1 Å². The Kier molecular flexibility index (Phi) is 4.89. The van der Waals surface area contributed by atoms with E-state index in [2.05, 4.69) is 0 Å². The van der Waals surface area contributed by atoms with Gasteiger partial charge in [0.25, 0.3) is 0 Å². The normalized spacial score (nSPS) is 27.6. The Labute approximate surface area is 120 Å². The van der Waals surface area contributed by atoms with E-state index >= 15 is 0 Å². The van der Waals surface area contributed by atoms with Crippen LogP contribution in [0.2, 0.25) is 0 Å². The van der Waals surface area contributed by atoms with E-state index in [9.17, 15) is 14.7 Å². The van der Waals surface area contributed by atoms with Gasteiger partial charge in [0, 0.05) is 19.1 Å². The van der Waals surface area contributed by atoms with Gasteiger partial charge in [-0.15, -0.1) is 0 Å². The molecule has 114 valence electrons. The molecule has 0 aromatic heterocycles. The highest BCUT2D eigenvalue weighted by molar-refractivity contribution is 5.83. The highest BCUT2D eigenvalue weighted by Crippen LogP contribution is 2.28. The number of urea groups is 1. The van der Waals surface area contributed by atoms with Crippen LogP contribution in [0, 0.1) is 5.92 Å². The number of carboxylic acid groups (broad SMARTS) is 1. The van der Waals surface area contributed by atoms with Gasteiger partial charge < -0.3 is 14.9 Å². The summed E-state index contributed by atoms with van der Waals surface area (Å²) in [4.78, 5) is 27.6. The van der Waals surface area contributed by atoms with Crippen molar-refractivity contribution < 1.29 is 14.7 Å². The van der Waals surface area contributed by atoms with Crippen LogP contribution in [0.3, 0.4) is 0 Å². The van der Waals surface area contributed by atoms with E-state index in [0.717, 1.165) is 19.3 Å². The van der Waals surface area contributed by atoms with E-state index in [1.54, 1.807) is 4.90 Å². The molecule has 5 heteroatoms. The van der Waals surface area contributed by atoms with Crippen molar-refractivity contribution >= 4 is 12.0 Å². The van der Waals surface area contributed by atoms with E-state index in [4.69, 9.17) is 0 Å². The second-order valence-corrected chi connectivity index (χ2v) is 6.10. The molecule has 1 heterocycles. The quantitative estimate of drug-likeness (QED) is 0.865. The van der Waals surface area contributed by atoms with Crippen molar-refractivity contribution in [3.05, 3.63) is 0 Å². The smallest absolute Gasteiger partial charge is 0.326 e. The predicted molar refractivity (Wildman–Crippen MR) is 76.6 cm³/mol. The lowest BCUT2D eigenvalue weighted by molar-refractivity contribution is -0.142. The lowest BCUT2D eigenvalue weighted by atomic mass is 9.94. The maximum atomic E-state index is 12.7. The molecule has 20 heavy (non-hydrogen) atoms. The van der Waals surface area contributed by atoms with Gasteiger partial charge >= 0.3 is 12.0 Å². The molecule has 1 saturated carbocycles. The number of rotatable bonds is 3. The molecule has 5 nitrogen and oxygen atoms in total. The topological polar surface area (TPSA) is 60.9 Å². The van der Waals surface area contributed by atoms with Gasteiger partial charge in [0.2, 0.25) is 0 Å². The number of amides is 2. The van der Waals surface area contributed by atoms with E-state index in [-0.39, 0.29) is 11.9 Å². The van der Waals surface area contributed by atoms with Gasteiger partial charge in [-0.3, -0.25) is 0 Å². The SMILES string of the molecule is CCN(C(=O)N1CCC(C)C1C(=O)O)C1CCCCC1. The number of likely N-dealkylation sites (tertiary alicyclic amines) is 1. The average Bonchev–Trinajstić information content (AvgIpc) is 2.82. The minimum Gasteiger partial charge on any atom is -0.480 e. The Morgan fingerprint density at radius 1 is 1.20 bits per heavy atom. The monoisotopic (exact) mass is 282 g/mol. The Bertz CT molecular complexity index is 366. The molecule has 0 aromatic rings. The summed E-state index contributed by atoms with van der Waals surface area (Å²) in [5.74, 6) is -0.829. The van der Waals surface area contributed by atoms with Crippen LogP contribution in [0.5, 0.6) is 0 Å². The van der Waals surface area contributed by atoms with E-state index in [1.165, 1.54) is 19.3 Å². The van der Waals surface area contributed by atoms with E-state index < -0.39 is 12.0 Å². The van der Waals surface area contributed by atoms with Gasteiger partial charge in [0.15, 0.2) is 0 Å². The first-order valence-electron chi connectivity index (χ1n) is 7.86. The van der Waals surface area contributed by atoms with Gasteiger partial charge in [0.05, 0.1) is 0 Å². The van der Waals surface area contributed by atoms with Crippen LogP contribution in [0.1, 0.15) is 52.4 Å². The zero-order valence-corrected chi connectivity index (χ0v) is 12.5. The van der Waals surface area contributed by atoms with Crippen LogP contribution in [0.4, 0.5) is 4.79 Å². The number of nitrogens with zero attached hydrogens (tertiary/aromatic N) is 2. The fraction of sp³-hybridized carbons (Fsp3) is 0.867. The van der Waals surface area contributed by atoms with Crippen molar-refractivity contribution in [2.45, 2.75) is 64.5 Å². The van der Waals surface area contributed by atoms with Crippen LogP contribution in [0.15, 0.2) is 0 Å². The molecule has 2 unspecified atom stereocenters. The first-order valence-corrected chi connectivity index (χ1v) is 7.86. The number of hydrogen-bond acceptors (Lipinski definition) is 2. The molecule has 1 N–H and O–H groups in total. The van der Waals surface area contributed by atoms with Gasteiger partial charge in [0.1, 0.15) is 6.04 Å². The van der Waals surface area contributed by atoms with Gasteiger partial charge in [-0.1, -0.05) is 26.2 Å².